The van der Waals surface area contributed by atoms with Gasteiger partial charge in [0.1, 0.15) is 17.4 Å². The second kappa shape index (κ2) is 4.28. The van der Waals surface area contributed by atoms with Gasteiger partial charge in [-0.2, -0.15) is 0 Å². The third kappa shape index (κ3) is 2.27. The summed E-state index contributed by atoms with van der Waals surface area (Å²) in [6.45, 7) is 1.23. The van der Waals surface area contributed by atoms with Gasteiger partial charge in [-0.3, -0.25) is 10.1 Å². The zero-order valence-corrected chi connectivity index (χ0v) is 10.9. The highest BCUT2D eigenvalue weighted by Gasteiger charge is 2.52. The average molecular weight is 287 g/mol. The molecule has 96 valence electrons. The molecule has 2 aliphatic rings. The van der Waals surface area contributed by atoms with Crippen LogP contribution in [0.3, 0.4) is 0 Å². The highest BCUT2D eigenvalue weighted by molar-refractivity contribution is 8.13. The monoisotopic (exact) mass is 287 g/mol. The van der Waals surface area contributed by atoms with Crippen LogP contribution in [0.4, 0.5) is 5.69 Å². The zero-order chi connectivity index (χ0) is 12.8. The minimum Gasteiger partial charge on any atom is -0.461 e. The molecule has 2 atom stereocenters. The maximum Gasteiger partial charge on any atom is 0.269 e. The van der Waals surface area contributed by atoms with Gasteiger partial charge < -0.3 is 14.0 Å². The van der Waals surface area contributed by atoms with E-state index >= 15 is 0 Å². The molecule has 1 aromatic rings. The highest BCUT2D eigenvalue weighted by Crippen LogP contribution is 2.64. The Morgan fingerprint density at radius 2 is 1.78 bits per heavy atom. The molecular weight excluding hydrogens is 277 g/mol. The summed E-state index contributed by atoms with van der Waals surface area (Å²) in [7, 11) is 0. The number of nitro benzene ring substituents is 1. The third-order valence-electron chi connectivity index (χ3n) is 2.73. The van der Waals surface area contributed by atoms with Crippen LogP contribution in [-0.4, -0.2) is 29.8 Å². The van der Waals surface area contributed by atoms with E-state index in [0.29, 0.717) is 19.0 Å². The third-order valence-corrected chi connectivity index (χ3v) is 7.06. The normalized spacial score (nSPS) is 28.2. The van der Waals surface area contributed by atoms with E-state index < -0.39 is 11.2 Å². The van der Waals surface area contributed by atoms with Crippen molar-refractivity contribution in [2.75, 3.05) is 13.2 Å². The lowest BCUT2D eigenvalue weighted by Crippen LogP contribution is -2.05. The lowest BCUT2D eigenvalue weighted by molar-refractivity contribution is -0.384. The molecule has 2 aliphatic heterocycles. The van der Waals surface area contributed by atoms with Gasteiger partial charge in [0.05, 0.1) is 18.1 Å². The molecule has 0 aliphatic carbocycles. The van der Waals surface area contributed by atoms with Crippen LogP contribution in [0.2, 0.25) is 0 Å². The predicted octanol–water partition coefficient (Wildman–Crippen LogP) is 2.08. The molecule has 6 nitrogen and oxygen atoms in total. The van der Waals surface area contributed by atoms with Gasteiger partial charge in [0, 0.05) is 12.1 Å². The summed E-state index contributed by atoms with van der Waals surface area (Å²) >= 11 is 5.55. The van der Waals surface area contributed by atoms with E-state index in [-0.39, 0.29) is 17.4 Å². The topological polar surface area (TPSA) is 77.4 Å². The Morgan fingerprint density at radius 1 is 1.28 bits per heavy atom. The molecule has 0 bridgehead atoms. The summed E-state index contributed by atoms with van der Waals surface area (Å²) in [6, 6.07) is 5.92. The van der Waals surface area contributed by atoms with Crippen LogP contribution in [0.5, 0.6) is 5.75 Å². The number of hydrogen-bond acceptors (Lipinski definition) is 6. The molecular formula is C10H10NO5PS. The van der Waals surface area contributed by atoms with Crippen molar-refractivity contribution in [1.29, 1.82) is 0 Å². The van der Waals surface area contributed by atoms with E-state index in [9.17, 15) is 10.1 Å². The first-order valence-electron chi connectivity index (χ1n) is 5.36. The summed E-state index contributed by atoms with van der Waals surface area (Å²) in [4.78, 5) is 10.1. The van der Waals surface area contributed by atoms with Crippen molar-refractivity contribution >= 4 is 23.8 Å². The quantitative estimate of drug-likeness (QED) is 0.357. The molecule has 0 spiro atoms. The molecule has 0 radical (unpaired) electrons. The Labute approximate surface area is 108 Å². The second-order valence-electron chi connectivity index (χ2n) is 4.06. The van der Waals surface area contributed by atoms with Gasteiger partial charge in [-0.1, -0.05) is 0 Å². The molecule has 0 amide bonds. The fourth-order valence-electron chi connectivity index (χ4n) is 1.60. The minimum absolute atomic E-state index is 0.0287. The molecule has 2 unspecified atom stereocenters. The molecule has 1 aromatic carbocycles. The molecule has 0 saturated carbocycles. The van der Waals surface area contributed by atoms with Crippen molar-refractivity contribution in [3.63, 3.8) is 0 Å². The Morgan fingerprint density at radius 3 is 2.17 bits per heavy atom. The van der Waals surface area contributed by atoms with E-state index in [4.69, 9.17) is 25.8 Å². The standard InChI is InChI=1S/C10H10NO5PS/c12-11(13)7-1-3-8(4-2-7)16-17(18,9-5-14-9)10-6-15-10/h1-4,9-10H,5-6H2. The summed E-state index contributed by atoms with van der Waals surface area (Å²) in [5, 5.41) is 10.5. The van der Waals surface area contributed by atoms with Gasteiger partial charge in [-0.05, 0) is 23.9 Å². The van der Waals surface area contributed by atoms with Crippen LogP contribution in [0.1, 0.15) is 0 Å². The summed E-state index contributed by atoms with van der Waals surface area (Å²) in [5.74, 6) is 0.473. The first-order valence-corrected chi connectivity index (χ1v) is 8.22. The van der Waals surface area contributed by atoms with Crippen LogP contribution >= 0.6 is 6.26 Å². The highest BCUT2D eigenvalue weighted by atomic mass is 32.4. The van der Waals surface area contributed by atoms with Crippen LogP contribution in [0.25, 0.3) is 0 Å². The Balaban J connectivity index is 1.78. The van der Waals surface area contributed by atoms with E-state index in [1.807, 2.05) is 0 Å². The van der Waals surface area contributed by atoms with Crippen molar-refractivity contribution in [1.82, 2.24) is 0 Å². The maximum atomic E-state index is 10.5. The summed E-state index contributed by atoms with van der Waals surface area (Å²) in [6.07, 6.45) is -2.18. The first-order chi connectivity index (χ1) is 8.59. The van der Waals surface area contributed by atoms with Gasteiger partial charge in [-0.15, -0.1) is 0 Å². The molecule has 2 fully saturated rings. The van der Waals surface area contributed by atoms with Crippen molar-refractivity contribution < 1.29 is 18.9 Å². The maximum absolute atomic E-state index is 10.5. The number of nitro groups is 1. The van der Waals surface area contributed by atoms with Crippen LogP contribution in [-0.2, 0) is 21.3 Å². The van der Waals surface area contributed by atoms with E-state index in [2.05, 4.69) is 0 Å². The minimum atomic E-state index is -2.18. The molecule has 2 saturated heterocycles. The number of epoxide rings is 2. The van der Waals surface area contributed by atoms with Crippen LogP contribution in [0.15, 0.2) is 24.3 Å². The van der Waals surface area contributed by atoms with Crippen LogP contribution < -0.4 is 4.52 Å². The van der Waals surface area contributed by atoms with E-state index in [1.54, 1.807) is 12.1 Å². The smallest absolute Gasteiger partial charge is 0.269 e. The largest absolute Gasteiger partial charge is 0.461 e. The average Bonchev–Trinajstić information content (AvgIpc) is 3.18. The van der Waals surface area contributed by atoms with Gasteiger partial charge in [0.2, 0.25) is 0 Å². The molecule has 8 heteroatoms. The second-order valence-corrected chi connectivity index (χ2v) is 8.40. The Kier molecular flexibility index (Phi) is 2.86. The van der Waals surface area contributed by atoms with E-state index in [1.165, 1.54) is 12.1 Å². The molecule has 0 aromatic heterocycles. The first kappa shape index (κ1) is 12.0. The van der Waals surface area contributed by atoms with Crippen molar-refractivity contribution in [3.05, 3.63) is 34.4 Å². The van der Waals surface area contributed by atoms with Crippen molar-refractivity contribution in [2.24, 2.45) is 0 Å². The van der Waals surface area contributed by atoms with Gasteiger partial charge in [0.25, 0.3) is 5.69 Å². The fourth-order valence-corrected chi connectivity index (χ4v) is 4.65. The number of rotatable bonds is 5. The van der Waals surface area contributed by atoms with Gasteiger partial charge in [0.15, 0.2) is 6.26 Å². The SMILES string of the molecule is O=[N+]([O-])c1ccc(OP(=S)(C2CO2)C2CO2)cc1. The van der Waals surface area contributed by atoms with Crippen molar-refractivity contribution in [2.45, 2.75) is 11.7 Å². The lowest BCUT2D eigenvalue weighted by Gasteiger charge is -2.19. The Hall–Kier alpha value is -1.01. The van der Waals surface area contributed by atoms with Gasteiger partial charge in [-0.25, -0.2) is 0 Å². The van der Waals surface area contributed by atoms with Crippen molar-refractivity contribution in [3.8, 4) is 5.75 Å². The molecule has 2 heterocycles. The Bertz CT molecular complexity index is 510. The van der Waals surface area contributed by atoms with Gasteiger partial charge >= 0.3 is 0 Å². The molecule has 18 heavy (non-hydrogen) atoms. The predicted molar refractivity (Wildman–Crippen MR) is 67.5 cm³/mol. The van der Waals surface area contributed by atoms with E-state index in [0.717, 1.165) is 0 Å². The number of ether oxygens (including phenoxy) is 2. The number of benzene rings is 1. The summed E-state index contributed by atoms with van der Waals surface area (Å²) in [5.41, 5.74) is 0.0287. The lowest BCUT2D eigenvalue weighted by atomic mass is 10.3. The number of hydrogen-bond donors (Lipinski definition) is 0. The molecule has 3 rings (SSSR count). The number of nitrogens with zero attached hydrogens (tertiary/aromatic N) is 1. The molecule has 0 N–H and O–H groups in total. The summed E-state index contributed by atoms with van der Waals surface area (Å²) < 4.78 is 16.3. The van der Waals surface area contributed by atoms with Crippen LogP contribution in [0, 0.1) is 10.1 Å². The fraction of sp³-hybridized carbons (Fsp3) is 0.400. The zero-order valence-electron chi connectivity index (χ0n) is 9.22. The number of non-ortho nitro benzene ring substituents is 1.